The van der Waals surface area contributed by atoms with E-state index in [1.54, 1.807) is 32.2 Å². The number of halogens is 1. The number of carboxylic acid groups (broad SMARTS) is 2. The van der Waals surface area contributed by atoms with Gasteiger partial charge in [0.15, 0.2) is 0 Å². The van der Waals surface area contributed by atoms with Gasteiger partial charge in [-0.15, -0.1) is 0 Å². The molecule has 0 bridgehead atoms. The number of pyridine rings is 1. The fraction of sp³-hybridized carbons (Fsp3) is 0.286. The zero-order chi connectivity index (χ0) is 15.7. The van der Waals surface area contributed by atoms with Crippen molar-refractivity contribution in [3.8, 4) is 0 Å². The van der Waals surface area contributed by atoms with Gasteiger partial charge in [0.2, 0.25) is 0 Å². The van der Waals surface area contributed by atoms with Crippen LogP contribution < -0.4 is 0 Å². The summed E-state index contributed by atoms with van der Waals surface area (Å²) in [5.41, 5.74) is 1.21. The average molecular weight is 353 g/mol. The topological polar surface area (TPSA) is 99.9 Å². The molecule has 1 aliphatic heterocycles. The maximum Gasteiger partial charge on any atom is 0.334 e. The largest absolute Gasteiger partial charge is 0.481 e. The lowest BCUT2D eigenvalue weighted by Gasteiger charge is -2.29. The minimum Gasteiger partial charge on any atom is -0.481 e. The Morgan fingerprint density at radius 3 is 2.48 bits per heavy atom. The Morgan fingerprint density at radius 1 is 1.29 bits per heavy atom. The predicted molar refractivity (Wildman–Crippen MR) is 79.2 cm³/mol. The van der Waals surface area contributed by atoms with E-state index in [2.05, 4.69) is 25.9 Å². The first-order valence-corrected chi connectivity index (χ1v) is 6.96. The first kappa shape index (κ1) is 15.4. The van der Waals surface area contributed by atoms with Crippen molar-refractivity contribution >= 4 is 33.6 Å². The highest BCUT2D eigenvalue weighted by atomic mass is 79.9. The molecular weight excluding hydrogens is 340 g/mol. The zero-order valence-corrected chi connectivity index (χ0v) is 13.0. The van der Waals surface area contributed by atoms with E-state index in [4.69, 9.17) is 0 Å². The molecule has 7 heteroatoms. The monoisotopic (exact) mass is 352 g/mol. The van der Waals surface area contributed by atoms with E-state index in [-0.39, 0.29) is 5.57 Å². The molecule has 0 spiro atoms. The molecule has 0 saturated carbocycles. The molecule has 1 aromatic rings. The first-order chi connectivity index (χ1) is 9.84. The summed E-state index contributed by atoms with van der Waals surface area (Å²) in [5.74, 6) is -4.14. The fourth-order valence-corrected chi connectivity index (χ4v) is 3.10. The van der Waals surface area contributed by atoms with Gasteiger partial charge in [-0.1, -0.05) is 6.07 Å². The van der Waals surface area contributed by atoms with Crippen LogP contribution in [0, 0.1) is 5.92 Å². The van der Waals surface area contributed by atoms with Gasteiger partial charge in [0, 0.05) is 23.5 Å². The number of allylic oxidation sites excluding steroid dienone is 1. The summed E-state index contributed by atoms with van der Waals surface area (Å²) in [6, 6.07) is 3.32. The van der Waals surface area contributed by atoms with Crippen LogP contribution in [0.15, 0.2) is 39.2 Å². The van der Waals surface area contributed by atoms with Crippen LogP contribution in [0.4, 0.5) is 0 Å². The maximum absolute atomic E-state index is 11.6. The number of aliphatic carboxylic acids is 2. The smallest absolute Gasteiger partial charge is 0.334 e. The number of rotatable bonds is 3. The second-order valence-electron chi connectivity index (χ2n) is 4.73. The van der Waals surface area contributed by atoms with Gasteiger partial charge in [-0.25, -0.2) is 9.78 Å². The molecule has 6 nitrogen and oxygen atoms in total. The Hall–Kier alpha value is -2.02. The van der Waals surface area contributed by atoms with Gasteiger partial charge in [-0.3, -0.25) is 9.79 Å². The van der Waals surface area contributed by atoms with Gasteiger partial charge in [0.25, 0.3) is 0 Å². The summed E-state index contributed by atoms with van der Waals surface area (Å²) in [4.78, 5) is 31.3. The van der Waals surface area contributed by atoms with E-state index in [1.807, 2.05) is 0 Å². The quantitative estimate of drug-likeness (QED) is 0.813. The minimum atomic E-state index is -1.17. The van der Waals surface area contributed by atoms with E-state index in [1.165, 1.54) is 0 Å². The molecule has 0 radical (unpaired) electrons. The van der Waals surface area contributed by atoms with Crippen LogP contribution in [0.2, 0.25) is 0 Å². The second-order valence-corrected chi connectivity index (χ2v) is 5.49. The van der Waals surface area contributed by atoms with Crippen LogP contribution in [0.25, 0.3) is 0 Å². The van der Waals surface area contributed by atoms with Crippen molar-refractivity contribution in [2.45, 2.75) is 19.8 Å². The molecule has 2 N–H and O–H groups in total. The van der Waals surface area contributed by atoms with Crippen molar-refractivity contribution in [2.75, 3.05) is 0 Å². The highest BCUT2D eigenvalue weighted by Crippen LogP contribution is 2.41. The highest BCUT2D eigenvalue weighted by Gasteiger charge is 2.41. The van der Waals surface area contributed by atoms with Gasteiger partial charge in [0.05, 0.1) is 5.57 Å². The van der Waals surface area contributed by atoms with Gasteiger partial charge in [-0.05, 0) is 41.4 Å². The van der Waals surface area contributed by atoms with Crippen LogP contribution in [-0.4, -0.2) is 32.8 Å². The zero-order valence-electron chi connectivity index (χ0n) is 11.4. The number of carboxylic acids is 2. The molecule has 2 atom stereocenters. The van der Waals surface area contributed by atoms with Crippen LogP contribution in [0.1, 0.15) is 25.3 Å². The second kappa shape index (κ2) is 5.77. The fourth-order valence-electron chi connectivity index (χ4n) is 2.60. The molecule has 2 unspecified atom stereocenters. The normalized spacial score (nSPS) is 22.0. The number of hydrogen-bond acceptors (Lipinski definition) is 4. The van der Waals surface area contributed by atoms with Crippen LogP contribution >= 0.6 is 15.9 Å². The maximum atomic E-state index is 11.6. The lowest BCUT2D eigenvalue weighted by atomic mass is 9.76. The summed E-state index contributed by atoms with van der Waals surface area (Å²) in [7, 11) is 0. The highest BCUT2D eigenvalue weighted by molar-refractivity contribution is 9.10. The van der Waals surface area contributed by atoms with Crippen molar-refractivity contribution in [3.63, 3.8) is 0 Å². The molecule has 0 aromatic carbocycles. The van der Waals surface area contributed by atoms with Crippen molar-refractivity contribution in [1.29, 1.82) is 0 Å². The number of carbonyl (C=O) groups is 2. The Bertz CT molecular complexity index is 681. The summed E-state index contributed by atoms with van der Waals surface area (Å²) < 4.78 is 0.433. The molecule has 0 amide bonds. The lowest BCUT2D eigenvalue weighted by Crippen LogP contribution is -2.35. The minimum absolute atomic E-state index is 0.0123. The Balaban J connectivity index is 2.72. The van der Waals surface area contributed by atoms with Crippen molar-refractivity contribution in [3.05, 3.63) is 39.8 Å². The van der Waals surface area contributed by atoms with E-state index in [9.17, 15) is 19.8 Å². The van der Waals surface area contributed by atoms with E-state index < -0.39 is 23.8 Å². The van der Waals surface area contributed by atoms with Gasteiger partial charge < -0.3 is 10.2 Å². The van der Waals surface area contributed by atoms with Crippen LogP contribution in [0.5, 0.6) is 0 Å². The third kappa shape index (κ3) is 2.73. The number of hydrogen-bond donors (Lipinski definition) is 2. The summed E-state index contributed by atoms with van der Waals surface area (Å²) in [6.45, 7) is 3.17. The molecule has 0 aliphatic carbocycles. The first-order valence-electron chi connectivity index (χ1n) is 6.17. The van der Waals surface area contributed by atoms with Gasteiger partial charge in [-0.2, -0.15) is 0 Å². The Kier molecular flexibility index (Phi) is 4.22. The molecule has 2 heterocycles. The number of aromatic nitrogens is 1. The Morgan fingerprint density at radius 2 is 1.95 bits per heavy atom. The Labute approximate surface area is 129 Å². The predicted octanol–water partition coefficient (Wildman–Crippen LogP) is 2.46. The van der Waals surface area contributed by atoms with E-state index in [0.717, 1.165) is 0 Å². The molecule has 1 aliphatic rings. The summed E-state index contributed by atoms with van der Waals surface area (Å²) in [5, 5.41) is 18.9. The number of aliphatic imine (C=N–C) groups is 1. The molecule has 21 heavy (non-hydrogen) atoms. The molecule has 0 fully saturated rings. The SMILES string of the molecule is CC1=NC(C)=C(C(=O)O)C(c2cccnc2Br)C1C(=O)O. The van der Waals surface area contributed by atoms with Gasteiger partial charge >= 0.3 is 11.9 Å². The molecule has 1 aromatic heterocycles. The van der Waals surface area contributed by atoms with Crippen LogP contribution in [-0.2, 0) is 9.59 Å². The molecule has 2 rings (SSSR count). The van der Waals surface area contributed by atoms with Gasteiger partial charge in [0.1, 0.15) is 10.5 Å². The third-order valence-electron chi connectivity index (χ3n) is 3.45. The van der Waals surface area contributed by atoms with Crippen molar-refractivity contribution < 1.29 is 19.8 Å². The molecule has 0 saturated heterocycles. The molecular formula is C14H13BrN2O4. The lowest BCUT2D eigenvalue weighted by molar-refractivity contribution is -0.140. The third-order valence-corrected chi connectivity index (χ3v) is 4.11. The van der Waals surface area contributed by atoms with Crippen LogP contribution in [0.3, 0.4) is 0 Å². The standard InChI is InChI=1S/C14H13BrN2O4/c1-6-9(13(18)19)11(8-4-3-5-16-12(8)15)10(14(20)21)7(2)17-6/h3-5,9,11H,1-2H3,(H,18,19)(H,20,21). The van der Waals surface area contributed by atoms with Crippen molar-refractivity contribution in [1.82, 2.24) is 4.98 Å². The summed E-state index contributed by atoms with van der Waals surface area (Å²) >= 11 is 3.27. The summed E-state index contributed by atoms with van der Waals surface area (Å²) in [6.07, 6.45) is 1.55. The average Bonchev–Trinajstić information content (AvgIpc) is 2.37. The van der Waals surface area contributed by atoms with E-state index >= 15 is 0 Å². The number of nitrogens with zero attached hydrogens (tertiary/aromatic N) is 2. The van der Waals surface area contributed by atoms with E-state index in [0.29, 0.717) is 21.6 Å². The van der Waals surface area contributed by atoms with Crippen molar-refractivity contribution in [2.24, 2.45) is 10.9 Å². The molecule has 110 valence electrons.